The molecule has 1 heterocycles. The molecule has 1 N–H and O–H groups in total. The van der Waals surface area contributed by atoms with Crippen molar-refractivity contribution in [3.63, 3.8) is 0 Å². The minimum absolute atomic E-state index is 0.265. The summed E-state index contributed by atoms with van der Waals surface area (Å²) in [4.78, 5) is 0. The van der Waals surface area contributed by atoms with E-state index in [1.54, 1.807) is 12.1 Å². The Kier molecular flexibility index (Phi) is 4.73. The van der Waals surface area contributed by atoms with Crippen LogP contribution in [0, 0.1) is 11.7 Å². The van der Waals surface area contributed by atoms with Crippen LogP contribution in [0.3, 0.4) is 0 Å². The molecule has 0 spiro atoms. The SMILES string of the molecule is CC1CCC(O)(CSc2nnc(-c3ccc(F)cc3)n2C)CC1. The number of halogens is 1. The zero-order chi connectivity index (χ0) is 16.4. The minimum atomic E-state index is -0.598. The Balaban J connectivity index is 1.69. The molecule has 1 aromatic carbocycles. The van der Waals surface area contributed by atoms with Gasteiger partial charge in [0.2, 0.25) is 0 Å². The quantitative estimate of drug-likeness (QED) is 0.867. The summed E-state index contributed by atoms with van der Waals surface area (Å²) in [6.07, 6.45) is 3.86. The first-order chi connectivity index (χ1) is 11.0. The molecule has 2 aromatic rings. The third-order valence-electron chi connectivity index (χ3n) is 4.61. The van der Waals surface area contributed by atoms with E-state index in [0.717, 1.165) is 36.4 Å². The highest BCUT2D eigenvalue weighted by molar-refractivity contribution is 7.99. The third kappa shape index (κ3) is 3.75. The van der Waals surface area contributed by atoms with Gasteiger partial charge in [-0.05, 0) is 55.9 Å². The third-order valence-corrected chi connectivity index (χ3v) is 5.91. The van der Waals surface area contributed by atoms with Gasteiger partial charge < -0.3 is 9.67 Å². The standard InChI is InChI=1S/C17H22FN3OS/c1-12-7-9-17(22,10-8-12)11-23-16-20-19-15(21(16)2)13-3-5-14(18)6-4-13/h3-6,12,22H,7-11H2,1-2H3. The molecule has 0 saturated heterocycles. The van der Waals surface area contributed by atoms with E-state index in [-0.39, 0.29) is 5.82 Å². The van der Waals surface area contributed by atoms with Crippen molar-refractivity contribution in [2.24, 2.45) is 13.0 Å². The predicted octanol–water partition coefficient (Wildman–Crippen LogP) is 3.65. The van der Waals surface area contributed by atoms with Gasteiger partial charge in [-0.3, -0.25) is 0 Å². The smallest absolute Gasteiger partial charge is 0.191 e. The lowest BCUT2D eigenvalue weighted by Crippen LogP contribution is -2.36. The van der Waals surface area contributed by atoms with E-state index in [0.29, 0.717) is 17.5 Å². The summed E-state index contributed by atoms with van der Waals surface area (Å²) in [5.41, 5.74) is 0.234. The summed E-state index contributed by atoms with van der Waals surface area (Å²) in [5, 5.41) is 19.9. The van der Waals surface area contributed by atoms with Crippen molar-refractivity contribution in [3.8, 4) is 11.4 Å². The van der Waals surface area contributed by atoms with Crippen molar-refractivity contribution in [1.82, 2.24) is 14.8 Å². The largest absolute Gasteiger partial charge is 0.389 e. The summed E-state index contributed by atoms with van der Waals surface area (Å²) in [5.74, 6) is 1.78. The molecule has 4 nitrogen and oxygen atoms in total. The highest BCUT2D eigenvalue weighted by atomic mass is 32.2. The first kappa shape index (κ1) is 16.5. The predicted molar refractivity (Wildman–Crippen MR) is 89.7 cm³/mol. The average molecular weight is 335 g/mol. The van der Waals surface area contributed by atoms with Crippen LogP contribution in [0.5, 0.6) is 0 Å². The van der Waals surface area contributed by atoms with Crippen LogP contribution >= 0.6 is 11.8 Å². The summed E-state index contributed by atoms with van der Waals surface area (Å²) < 4.78 is 14.9. The highest BCUT2D eigenvalue weighted by Crippen LogP contribution is 2.35. The van der Waals surface area contributed by atoms with Crippen LogP contribution in [-0.2, 0) is 7.05 Å². The number of hydrogen-bond acceptors (Lipinski definition) is 4. The van der Waals surface area contributed by atoms with E-state index >= 15 is 0 Å². The number of thioether (sulfide) groups is 1. The Morgan fingerprint density at radius 2 is 1.91 bits per heavy atom. The maximum absolute atomic E-state index is 13.0. The first-order valence-corrected chi connectivity index (χ1v) is 8.96. The molecule has 0 atom stereocenters. The van der Waals surface area contributed by atoms with Gasteiger partial charge in [-0.1, -0.05) is 18.7 Å². The van der Waals surface area contributed by atoms with Crippen LogP contribution in [-0.4, -0.2) is 31.2 Å². The average Bonchev–Trinajstić information content (AvgIpc) is 2.91. The van der Waals surface area contributed by atoms with Gasteiger partial charge in [0.25, 0.3) is 0 Å². The number of nitrogens with zero attached hydrogens (tertiary/aromatic N) is 3. The zero-order valence-corrected chi connectivity index (χ0v) is 14.3. The van der Waals surface area contributed by atoms with E-state index in [1.807, 2.05) is 11.6 Å². The van der Waals surface area contributed by atoms with Crippen molar-refractivity contribution in [2.75, 3.05) is 5.75 Å². The zero-order valence-electron chi connectivity index (χ0n) is 13.5. The lowest BCUT2D eigenvalue weighted by molar-refractivity contribution is 0.0149. The fourth-order valence-corrected chi connectivity index (χ4v) is 4.00. The van der Waals surface area contributed by atoms with Gasteiger partial charge in [0, 0.05) is 18.4 Å². The lowest BCUT2D eigenvalue weighted by atomic mass is 9.81. The molecular weight excluding hydrogens is 313 g/mol. The highest BCUT2D eigenvalue weighted by Gasteiger charge is 2.32. The van der Waals surface area contributed by atoms with Crippen LogP contribution in [0.15, 0.2) is 29.4 Å². The van der Waals surface area contributed by atoms with E-state index in [2.05, 4.69) is 17.1 Å². The van der Waals surface area contributed by atoms with Crippen molar-refractivity contribution in [2.45, 2.75) is 43.4 Å². The second-order valence-electron chi connectivity index (χ2n) is 6.57. The van der Waals surface area contributed by atoms with E-state index in [1.165, 1.54) is 23.9 Å². The number of hydrogen-bond donors (Lipinski definition) is 1. The van der Waals surface area contributed by atoms with Crippen molar-refractivity contribution in [1.29, 1.82) is 0 Å². The Hall–Kier alpha value is -1.40. The van der Waals surface area contributed by atoms with E-state index in [4.69, 9.17) is 0 Å². The monoisotopic (exact) mass is 335 g/mol. The molecule has 1 fully saturated rings. The minimum Gasteiger partial charge on any atom is -0.389 e. The molecule has 1 saturated carbocycles. The topological polar surface area (TPSA) is 50.9 Å². The molecule has 0 aliphatic heterocycles. The molecule has 1 aromatic heterocycles. The summed E-state index contributed by atoms with van der Waals surface area (Å²) >= 11 is 1.54. The van der Waals surface area contributed by atoms with Crippen LogP contribution in [0.4, 0.5) is 4.39 Å². The molecular formula is C17H22FN3OS. The molecule has 1 aliphatic carbocycles. The number of aromatic nitrogens is 3. The Bertz CT molecular complexity index is 663. The normalized spacial score (nSPS) is 24.8. The molecule has 0 amide bonds. The van der Waals surface area contributed by atoms with Gasteiger partial charge in [-0.2, -0.15) is 0 Å². The summed E-state index contributed by atoms with van der Waals surface area (Å²) in [6.45, 7) is 2.24. The summed E-state index contributed by atoms with van der Waals surface area (Å²) in [7, 11) is 1.90. The van der Waals surface area contributed by atoms with Crippen LogP contribution < -0.4 is 0 Å². The maximum Gasteiger partial charge on any atom is 0.191 e. The number of benzene rings is 1. The molecule has 1 aliphatic rings. The lowest BCUT2D eigenvalue weighted by Gasteiger charge is -2.34. The molecule has 124 valence electrons. The molecule has 0 radical (unpaired) electrons. The van der Waals surface area contributed by atoms with Gasteiger partial charge in [-0.25, -0.2) is 4.39 Å². The molecule has 0 bridgehead atoms. The van der Waals surface area contributed by atoms with E-state index in [9.17, 15) is 9.50 Å². The second-order valence-corrected chi connectivity index (χ2v) is 7.51. The van der Waals surface area contributed by atoms with Crippen LogP contribution in [0.2, 0.25) is 0 Å². The number of aliphatic hydroxyl groups is 1. The van der Waals surface area contributed by atoms with Gasteiger partial charge in [0.15, 0.2) is 11.0 Å². The molecule has 3 rings (SSSR count). The van der Waals surface area contributed by atoms with Gasteiger partial charge >= 0.3 is 0 Å². The Labute approximate surface area is 140 Å². The molecule has 23 heavy (non-hydrogen) atoms. The van der Waals surface area contributed by atoms with Crippen LogP contribution in [0.25, 0.3) is 11.4 Å². The fraction of sp³-hybridized carbons (Fsp3) is 0.529. The van der Waals surface area contributed by atoms with Gasteiger partial charge in [0.1, 0.15) is 5.82 Å². The Morgan fingerprint density at radius 3 is 2.57 bits per heavy atom. The fourth-order valence-electron chi connectivity index (χ4n) is 2.93. The van der Waals surface area contributed by atoms with Crippen molar-refractivity contribution in [3.05, 3.63) is 30.1 Å². The van der Waals surface area contributed by atoms with Crippen molar-refractivity contribution >= 4 is 11.8 Å². The van der Waals surface area contributed by atoms with Crippen LogP contribution in [0.1, 0.15) is 32.6 Å². The maximum atomic E-state index is 13.0. The van der Waals surface area contributed by atoms with E-state index < -0.39 is 5.60 Å². The first-order valence-electron chi connectivity index (χ1n) is 7.97. The molecule has 0 unspecified atom stereocenters. The summed E-state index contributed by atoms with van der Waals surface area (Å²) in [6, 6.07) is 6.24. The number of rotatable bonds is 4. The Morgan fingerprint density at radius 1 is 1.26 bits per heavy atom. The van der Waals surface area contributed by atoms with Crippen molar-refractivity contribution < 1.29 is 9.50 Å². The second kappa shape index (κ2) is 6.61. The van der Waals surface area contributed by atoms with Gasteiger partial charge in [0.05, 0.1) is 5.60 Å². The molecule has 6 heteroatoms. The van der Waals surface area contributed by atoms with Gasteiger partial charge in [-0.15, -0.1) is 10.2 Å².